The molecule has 2 aliphatic rings. The largest absolute Gasteiger partial charge is 0.487 e. The highest BCUT2D eigenvalue weighted by molar-refractivity contribution is 7.89. The van der Waals surface area contributed by atoms with Crippen LogP contribution in [0.25, 0.3) is 0 Å². The van der Waals surface area contributed by atoms with Gasteiger partial charge in [0.05, 0.1) is 6.04 Å². The van der Waals surface area contributed by atoms with E-state index in [1.165, 1.54) is 0 Å². The number of benzene rings is 2. The summed E-state index contributed by atoms with van der Waals surface area (Å²) in [5.74, 6) is 0.559. The van der Waals surface area contributed by atoms with E-state index >= 15 is 0 Å². The number of amides is 1. The summed E-state index contributed by atoms with van der Waals surface area (Å²) in [6, 6.07) is 15.8. The lowest BCUT2D eigenvalue weighted by atomic mass is 10.0. The number of likely N-dealkylation sites (tertiary alicyclic amines) is 1. The zero-order chi connectivity index (χ0) is 21.3. The normalized spacial score (nSPS) is 23.6. The lowest BCUT2D eigenvalue weighted by Gasteiger charge is -2.32. The van der Waals surface area contributed by atoms with E-state index in [0.29, 0.717) is 43.8 Å². The number of hydrogen-bond donors (Lipinski definition) is 0. The average Bonchev–Trinajstić information content (AvgIpc) is 2.98. The molecule has 0 bridgehead atoms. The van der Waals surface area contributed by atoms with Crippen LogP contribution in [0.3, 0.4) is 0 Å². The molecule has 6 nitrogen and oxygen atoms in total. The molecule has 0 aliphatic carbocycles. The number of carbonyl (C=O) groups is 1. The molecular weight excluding hydrogens is 400 g/mol. The first-order valence-corrected chi connectivity index (χ1v) is 11.9. The van der Waals surface area contributed by atoms with Crippen LogP contribution in [0, 0.1) is 5.92 Å². The number of sulfonamides is 1. The molecule has 0 unspecified atom stereocenters. The zero-order valence-corrected chi connectivity index (χ0v) is 18.2. The quantitative estimate of drug-likeness (QED) is 0.752. The summed E-state index contributed by atoms with van der Waals surface area (Å²) in [6.45, 7) is 5.49. The third kappa shape index (κ3) is 3.96. The summed E-state index contributed by atoms with van der Waals surface area (Å²) in [5.41, 5.74) is 0.650. The highest BCUT2D eigenvalue weighted by Gasteiger charge is 2.43. The maximum absolute atomic E-state index is 13.5. The van der Waals surface area contributed by atoms with Gasteiger partial charge in [0, 0.05) is 31.6 Å². The average molecular weight is 429 g/mol. The van der Waals surface area contributed by atoms with Crippen LogP contribution in [-0.2, 0) is 10.0 Å². The predicted octanol–water partition coefficient (Wildman–Crippen LogP) is 3.40. The fourth-order valence-corrected chi connectivity index (χ4v) is 6.28. The first-order chi connectivity index (χ1) is 14.4. The number of para-hydroxylation sites is 1. The number of hydrogen-bond acceptors (Lipinski definition) is 4. The van der Waals surface area contributed by atoms with E-state index in [-0.39, 0.29) is 28.9 Å². The lowest BCUT2D eigenvalue weighted by molar-refractivity contribution is 0.0755. The maximum atomic E-state index is 13.5. The van der Waals surface area contributed by atoms with E-state index in [4.69, 9.17) is 4.74 Å². The minimum Gasteiger partial charge on any atom is -0.487 e. The van der Waals surface area contributed by atoms with Crippen molar-refractivity contribution in [3.05, 3.63) is 60.2 Å². The summed E-state index contributed by atoms with van der Waals surface area (Å²) in [6.07, 6.45) is 0.834. The van der Waals surface area contributed by atoms with Gasteiger partial charge in [-0.05, 0) is 36.6 Å². The van der Waals surface area contributed by atoms with E-state index in [0.717, 1.165) is 0 Å². The molecule has 160 valence electrons. The first-order valence-electron chi connectivity index (χ1n) is 10.5. The van der Waals surface area contributed by atoms with Crippen molar-refractivity contribution in [1.82, 2.24) is 9.21 Å². The fourth-order valence-electron chi connectivity index (χ4n) is 4.32. The summed E-state index contributed by atoms with van der Waals surface area (Å²) < 4.78 is 34.9. The van der Waals surface area contributed by atoms with E-state index in [1.807, 2.05) is 49.1 Å². The summed E-state index contributed by atoms with van der Waals surface area (Å²) in [7, 11) is -3.69. The highest BCUT2D eigenvalue weighted by atomic mass is 32.2. The number of rotatable bonds is 3. The number of ether oxygens (including phenoxy) is 1. The molecule has 0 aromatic heterocycles. The second kappa shape index (κ2) is 8.40. The van der Waals surface area contributed by atoms with Gasteiger partial charge in [0.15, 0.2) is 0 Å². The van der Waals surface area contributed by atoms with Crippen molar-refractivity contribution >= 4 is 15.9 Å². The van der Waals surface area contributed by atoms with Crippen molar-refractivity contribution < 1.29 is 17.9 Å². The fraction of sp³-hybridized carbons (Fsp3) is 0.435. The van der Waals surface area contributed by atoms with Crippen LogP contribution in [0.2, 0.25) is 0 Å². The maximum Gasteiger partial charge on any atom is 0.253 e. The molecule has 2 aromatic rings. The number of nitrogens with zero attached hydrogens (tertiary/aromatic N) is 2. The standard InChI is InChI=1S/C23H28N2O4S/c1-17(2)16-25-19-12-14-24(23(26)18-8-4-3-5-9-18)15-13-20(19)29-21-10-6-7-11-22(21)30(25,27)28/h3-11,17,19-20H,12-16H2,1-2H3/t19-,20-/m0/s1. The van der Waals surface area contributed by atoms with Gasteiger partial charge >= 0.3 is 0 Å². The molecule has 2 aliphatic heterocycles. The van der Waals surface area contributed by atoms with Crippen molar-refractivity contribution in [2.24, 2.45) is 5.92 Å². The summed E-state index contributed by atoms with van der Waals surface area (Å²) in [5, 5.41) is 0. The Hall–Kier alpha value is -2.38. The summed E-state index contributed by atoms with van der Waals surface area (Å²) in [4.78, 5) is 15.0. The Morgan fingerprint density at radius 3 is 2.43 bits per heavy atom. The Morgan fingerprint density at radius 2 is 1.70 bits per heavy atom. The highest BCUT2D eigenvalue weighted by Crippen LogP contribution is 2.36. The van der Waals surface area contributed by atoms with E-state index in [1.54, 1.807) is 28.6 Å². The molecule has 0 N–H and O–H groups in total. The van der Waals surface area contributed by atoms with E-state index < -0.39 is 10.0 Å². The van der Waals surface area contributed by atoms with Gasteiger partial charge in [0.1, 0.15) is 16.7 Å². The van der Waals surface area contributed by atoms with Crippen LogP contribution in [-0.4, -0.2) is 55.3 Å². The zero-order valence-electron chi connectivity index (χ0n) is 17.4. The Bertz CT molecular complexity index is 1010. The second-order valence-corrected chi connectivity index (χ2v) is 10.2. The Balaban J connectivity index is 1.67. The minimum atomic E-state index is -3.69. The molecule has 2 heterocycles. The number of carbonyl (C=O) groups excluding carboxylic acids is 1. The van der Waals surface area contributed by atoms with Crippen molar-refractivity contribution in [2.75, 3.05) is 19.6 Å². The van der Waals surface area contributed by atoms with Crippen molar-refractivity contribution in [1.29, 1.82) is 0 Å². The Labute approximate surface area is 178 Å². The van der Waals surface area contributed by atoms with Gasteiger partial charge in [-0.2, -0.15) is 4.31 Å². The lowest BCUT2D eigenvalue weighted by Crippen LogP contribution is -2.48. The van der Waals surface area contributed by atoms with Crippen LogP contribution >= 0.6 is 0 Å². The van der Waals surface area contributed by atoms with Gasteiger partial charge in [-0.1, -0.05) is 44.2 Å². The number of fused-ring (bicyclic) bond motifs is 2. The van der Waals surface area contributed by atoms with Gasteiger partial charge in [0.25, 0.3) is 5.91 Å². The molecular formula is C23H28N2O4S. The topological polar surface area (TPSA) is 66.9 Å². The van der Waals surface area contributed by atoms with Crippen LogP contribution in [0.15, 0.2) is 59.5 Å². The molecule has 2 atom stereocenters. The molecule has 1 fully saturated rings. The van der Waals surface area contributed by atoms with Crippen LogP contribution in [0.4, 0.5) is 0 Å². The third-order valence-electron chi connectivity index (χ3n) is 5.74. The van der Waals surface area contributed by atoms with Crippen LogP contribution < -0.4 is 4.74 Å². The van der Waals surface area contributed by atoms with Crippen LogP contribution in [0.5, 0.6) is 5.75 Å². The third-order valence-corrected chi connectivity index (χ3v) is 7.67. The summed E-state index contributed by atoms with van der Waals surface area (Å²) >= 11 is 0. The van der Waals surface area contributed by atoms with Gasteiger partial charge in [-0.3, -0.25) is 4.79 Å². The first kappa shape index (κ1) is 20.9. The van der Waals surface area contributed by atoms with Crippen LogP contribution in [0.1, 0.15) is 37.0 Å². The van der Waals surface area contributed by atoms with Crippen molar-refractivity contribution in [2.45, 2.75) is 43.7 Å². The van der Waals surface area contributed by atoms with Crippen molar-refractivity contribution in [3.8, 4) is 5.75 Å². The van der Waals surface area contributed by atoms with E-state index in [2.05, 4.69) is 0 Å². The molecule has 1 saturated heterocycles. The van der Waals surface area contributed by atoms with Gasteiger partial charge in [-0.25, -0.2) is 8.42 Å². The molecule has 0 saturated carbocycles. The Morgan fingerprint density at radius 1 is 1.03 bits per heavy atom. The van der Waals surface area contributed by atoms with Gasteiger partial charge in [0.2, 0.25) is 10.0 Å². The Kier molecular flexibility index (Phi) is 5.84. The molecule has 4 rings (SSSR count). The smallest absolute Gasteiger partial charge is 0.253 e. The molecule has 1 amide bonds. The van der Waals surface area contributed by atoms with E-state index in [9.17, 15) is 13.2 Å². The predicted molar refractivity (Wildman–Crippen MR) is 115 cm³/mol. The monoisotopic (exact) mass is 428 g/mol. The van der Waals surface area contributed by atoms with Gasteiger partial charge in [-0.15, -0.1) is 0 Å². The SMILES string of the molecule is CC(C)CN1[C@H]2CCN(C(=O)c3ccccc3)CC[C@@H]2Oc2ccccc2S1(=O)=O. The molecule has 0 spiro atoms. The second-order valence-electron chi connectivity index (χ2n) is 8.37. The molecule has 7 heteroatoms. The van der Waals surface area contributed by atoms with Gasteiger partial charge < -0.3 is 9.64 Å². The minimum absolute atomic E-state index is 0.0225. The molecule has 30 heavy (non-hydrogen) atoms. The molecule has 2 aromatic carbocycles. The van der Waals surface area contributed by atoms with Crippen molar-refractivity contribution in [3.63, 3.8) is 0 Å². The molecule has 0 radical (unpaired) electrons.